The Kier molecular flexibility index (Phi) is 7.28. The zero-order valence-corrected chi connectivity index (χ0v) is 19.6. The molecular weight excluding hydrogens is 461 g/mol. The van der Waals surface area contributed by atoms with E-state index in [1.54, 1.807) is 7.11 Å². The summed E-state index contributed by atoms with van der Waals surface area (Å²) in [4.78, 5) is 8.70. The number of halogens is 3. The molecule has 3 aliphatic rings. The van der Waals surface area contributed by atoms with Gasteiger partial charge in [-0.3, -0.25) is 4.79 Å². The first-order valence-electron chi connectivity index (χ1n) is 11.9. The van der Waals surface area contributed by atoms with E-state index in [0.717, 1.165) is 24.2 Å². The number of benzene rings is 2. The highest BCUT2D eigenvalue weighted by Crippen LogP contribution is 2.55. The second-order valence-electron chi connectivity index (χ2n) is 9.53. The van der Waals surface area contributed by atoms with Crippen LogP contribution in [-0.2, 0) is 23.2 Å². The quantitative estimate of drug-likeness (QED) is 0.365. The van der Waals surface area contributed by atoms with E-state index in [2.05, 4.69) is 16.7 Å². The first-order chi connectivity index (χ1) is 16.7. The number of ether oxygens (including phenoxy) is 1. The Balaban J connectivity index is 0.000000431. The molecule has 2 fully saturated rings. The Morgan fingerprint density at radius 1 is 1.20 bits per heavy atom. The summed E-state index contributed by atoms with van der Waals surface area (Å²) >= 11 is 0. The number of methoxy groups -OCH3 is 1. The van der Waals surface area contributed by atoms with Gasteiger partial charge in [-0.2, -0.15) is 13.2 Å². The number of hydrogen-bond donors (Lipinski definition) is 4. The average Bonchev–Trinajstić information content (AvgIpc) is 2.85. The molecule has 2 aromatic rings. The summed E-state index contributed by atoms with van der Waals surface area (Å²) in [6, 6.07) is 10.3. The average molecular weight is 493 g/mol. The number of carbonyl (C=O) groups excluding carboxylic acids is 1. The van der Waals surface area contributed by atoms with Crippen molar-refractivity contribution in [2.45, 2.75) is 62.8 Å². The Morgan fingerprint density at radius 2 is 1.97 bits per heavy atom. The van der Waals surface area contributed by atoms with Gasteiger partial charge in [-0.1, -0.05) is 18.9 Å². The maximum atomic E-state index is 10.9. The number of rotatable bonds is 4. The van der Waals surface area contributed by atoms with Crippen molar-refractivity contribution >= 4 is 17.7 Å². The van der Waals surface area contributed by atoms with Gasteiger partial charge in [-0.25, -0.2) is 0 Å². The Bertz CT molecular complexity index is 1070. The molecule has 2 aliphatic carbocycles. The van der Waals surface area contributed by atoms with Crippen LogP contribution in [0.1, 0.15) is 48.8 Å². The number of hydrogen-bond acceptors (Lipinski definition) is 6. The molecule has 6 nitrogen and oxygen atoms in total. The van der Waals surface area contributed by atoms with Gasteiger partial charge in [0.25, 0.3) is 0 Å². The Hall–Kier alpha value is -2.78. The molecule has 0 aromatic heterocycles. The number of carbonyl (C=O) groups is 1. The maximum absolute atomic E-state index is 10.9. The lowest BCUT2D eigenvalue weighted by atomic mass is 9.53. The van der Waals surface area contributed by atoms with E-state index in [4.69, 9.17) is 9.53 Å². The first-order valence-corrected chi connectivity index (χ1v) is 11.9. The maximum Gasteiger partial charge on any atom is 0.446 e. The highest BCUT2D eigenvalue weighted by Gasteiger charge is 2.51. The van der Waals surface area contributed by atoms with E-state index >= 15 is 0 Å². The summed E-state index contributed by atoms with van der Waals surface area (Å²) in [7, 11) is 1.61. The third-order valence-corrected chi connectivity index (χ3v) is 7.61. The molecule has 4 N–H and O–H groups in total. The van der Waals surface area contributed by atoms with Crippen LogP contribution in [0.15, 0.2) is 30.3 Å². The number of anilines is 2. The summed E-state index contributed by atoms with van der Waals surface area (Å²) < 4.78 is 36.7. The standard InChI is InChI=1S/C24H30N2O3.C2HF3O/c1-29-23-10-15(14-27)5-6-19(23)26-21-12-16-11-20-17-4-2-3-7-24(17,8-9-25-20)18(16)13-22(21)28;3-2(4,5)1-6/h5-6,10,12-13,17,20,25-28H,2-4,7-9,11,14H2,1H3;1H/t17-,20+,24+;/m1./s1. The van der Waals surface area contributed by atoms with Crippen LogP contribution in [0.25, 0.3) is 0 Å². The van der Waals surface area contributed by atoms with E-state index in [9.17, 15) is 23.4 Å². The largest absolute Gasteiger partial charge is 0.506 e. The third kappa shape index (κ3) is 5.11. The first kappa shape index (κ1) is 25.3. The molecule has 5 rings (SSSR count). The summed E-state index contributed by atoms with van der Waals surface area (Å²) in [6.45, 7) is 1.05. The third-order valence-electron chi connectivity index (χ3n) is 7.61. The van der Waals surface area contributed by atoms with Crippen molar-refractivity contribution in [3.63, 3.8) is 0 Å². The summed E-state index contributed by atoms with van der Waals surface area (Å²) in [5, 5.41) is 27.4. The number of fused-ring (bicyclic) bond motifs is 1. The molecule has 1 saturated heterocycles. The van der Waals surface area contributed by atoms with E-state index in [1.165, 1.54) is 43.2 Å². The van der Waals surface area contributed by atoms with E-state index in [-0.39, 0.29) is 12.0 Å². The van der Waals surface area contributed by atoms with Crippen LogP contribution in [0.2, 0.25) is 0 Å². The molecule has 9 heteroatoms. The number of aromatic hydroxyl groups is 1. The molecule has 1 heterocycles. The number of alkyl halides is 3. The van der Waals surface area contributed by atoms with Crippen LogP contribution in [0.5, 0.6) is 11.5 Å². The van der Waals surface area contributed by atoms with Gasteiger partial charge in [0.05, 0.1) is 25.1 Å². The van der Waals surface area contributed by atoms with Crippen molar-refractivity contribution in [3.8, 4) is 11.5 Å². The van der Waals surface area contributed by atoms with Crippen LogP contribution in [-0.4, -0.2) is 42.4 Å². The zero-order chi connectivity index (χ0) is 25.2. The molecule has 1 aliphatic heterocycles. The van der Waals surface area contributed by atoms with Crippen molar-refractivity contribution in [1.82, 2.24) is 5.32 Å². The number of piperidine rings is 1. The predicted octanol–water partition coefficient (Wildman–Crippen LogP) is 4.73. The van der Waals surface area contributed by atoms with Gasteiger partial charge < -0.3 is 25.6 Å². The van der Waals surface area contributed by atoms with Crippen molar-refractivity contribution in [2.24, 2.45) is 5.92 Å². The van der Waals surface area contributed by atoms with Crippen LogP contribution in [0.4, 0.5) is 24.5 Å². The van der Waals surface area contributed by atoms with E-state index < -0.39 is 12.5 Å². The highest BCUT2D eigenvalue weighted by atomic mass is 19.4. The van der Waals surface area contributed by atoms with Crippen LogP contribution < -0.4 is 15.4 Å². The summed E-state index contributed by atoms with van der Waals surface area (Å²) in [6.07, 6.45) is 1.65. The predicted molar refractivity (Wildman–Crippen MR) is 126 cm³/mol. The minimum absolute atomic E-state index is 0.0294. The van der Waals surface area contributed by atoms with Gasteiger partial charge in [0, 0.05) is 11.5 Å². The number of aldehydes is 1. The molecule has 190 valence electrons. The summed E-state index contributed by atoms with van der Waals surface area (Å²) in [5.41, 5.74) is 5.25. The van der Waals surface area contributed by atoms with Gasteiger partial charge >= 0.3 is 6.18 Å². The van der Waals surface area contributed by atoms with E-state index in [0.29, 0.717) is 29.1 Å². The highest BCUT2D eigenvalue weighted by molar-refractivity contribution is 5.72. The molecule has 1 saturated carbocycles. The lowest BCUT2D eigenvalue weighted by molar-refractivity contribution is -0.156. The molecule has 2 aromatic carbocycles. The fraction of sp³-hybridized carbons (Fsp3) is 0.500. The van der Waals surface area contributed by atoms with Crippen LogP contribution in [0, 0.1) is 5.92 Å². The summed E-state index contributed by atoms with van der Waals surface area (Å²) in [5.74, 6) is 1.65. The number of aliphatic hydroxyl groups excluding tert-OH is 1. The SMILES string of the molecule is COc1cc(CO)ccc1Nc1cc2c(cc1O)[C@]13CCCC[C@@H]1[C@H](C2)NCC3.O=CC(F)(F)F. The van der Waals surface area contributed by atoms with Gasteiger partial charge in [0.1, 0.15) is 11.5 Å². The van der Waals surface area contributed by atoms with E-state index in [1.807, 2.05) is 24.3 Å². The lowest BCUT2D eigenvalue weighted by Crippen LogP contribution is -2.59. The van der Waals surface area contributed by atoms with Gasteiger partial charge in [-0.05, 0) is 79.1 Å². The Morgan fingerprint density at radius 3 is 2.66 bits per heavy atom. The monoisotopic (exact) mass is 492 g/mol. The van der Waals surface area contributed by atoms with Gasteiger partial charge in [-0.15, -0.1) is 0 Å². The molecular formula is C26H31F3N2O4. The Labute approximate surface area is 202 Å². The molecule has 3 atom stereocenters. The lowest BCUT2D eigenvalue weighted by Gasteiger charge is -2.56. The second-order valence-corrected chi connectivity index (χ2v) is 9.53. The van der Waals surface area contributed by atoms with Crippen LogP contribution >= 0.6 is 0 Å². The minimum atomic E-state index is -4.64. The number of aliphatic hydroxyl groups is 1. The molecule has 2 bridgehead atoms. The van der Waals surface area contributed by atoms with Gasteiger partial charge in [0.15, 0.2) is 0 Å². The fourth-order valence-electron chi connectivity index (χ4n) is 6.15. The molecule has 35 heavy (non-hydrogen) atoms. The number of phenolic OH excluding ortho intramolecular Hbond substituents is 1. The number of phenols is 1. The molecule has 0 amide bonds. The van der Waals surface area contributed by atoms with Gasteiger partial charge in [0.2, 0.25) is 6.29 Å². The smallest absolute Gasteiger partial charge is 0.446 e. The molecule has 0 radical (unpaired) electrons. The van der Waals surface area contributed by atoms with Crippen molar-refractivity contribution < 1.29 is 32.9 Å². The topological polar surface area (TPSA) is 90.8 Å². The van der Waals surface area contributed by atoms with Crippen molar-refractivity contribution in [1.29, 1.82) is 0 Å². The second kappa shape index (κ2) is 10.1. The van der Waals surface area contributed by atoms with Crippen molar-refractivity contribution in [2.75, 3.05) is 19.0 Å². The normalized spacial score (nSPS) is 24.8. The zero-order valence-electron chi connectivity index (χ0n) is 19.6. The molecule has 0 unspecified atom stereocenters. The fourth-order valence-corrected chi connectivity index (χ4v) is 6.15. The van der Waals surface area contributed by atoms with Crippen molar-refractivity contribution in [3.05, 3.63) is 47.0 Å². The number of nitrogens with one attached hydrogen (secondary N) is 2. The molecule has 0 spiro atoms. The van der Waals surface area contributed by atoms with Crippen LogP contribution in [0.3, 0.4) is 0 Å². The minimum Gasteiger partial charge on any atom is -0.506 e.